The van der Waals surface area contributed by atoms with Crippen molar-refractivity contribution >= 4 is 5.78 Å². The van der Waals surface area contributed by atoms with Crippen LogP contribution in [0.2, 0.25) is 0 Å². The number of methoxy groups -OCH3 is 1. The summed E-state index contributed by atoms with van der Waals surface area (Å²) >= 11 is 0. The molecular weight excluding hydrogens is 164 g/mol. The van der Waals surface area contributed by atoms with Crippen LogP contribution in [-0.4, -0.2) is 19.5 Å². The topological polar surface area (TPSA) is 26.3 Å². The van der Waals surface area contributed by atoms with Gasteiger partial charge in [0, 0.05) is 7.11 Å². The highest BCUT2D eigenvalue weighted by atomic mass is 16.5. The van der Waals surface area contributed by atoms with Crippen molar-refractivity contribution in [3.63, 3.8) is 0 Å². The Labute approximate surface area is 81.0 Å². The lowest BCUT2D eigenvalue weighted by atomic mass is 10.0. The summed E-state index contributed by atoms with van der Waals surface area (Å²) in [5.74, 6) is 0.108. The molecule has 0 aromatic carbocycles. The fraction of sp³-hybridized carbons (Fsp3) is 0.727. The van der Waals surface area contributed by atoms with Gasteiger partial charge < -0.3 is 4.74 Å². The molecule has 0 heterocycles. The summed E-state index contributed by atoms with van der Waals surface area (Å²) in [6.45, 7) is 6.26. The van der Waals surface area contributed by atoms with Crippen LogP contribution < -0.4 is 0 Å². The Hall–Kier alpha value is -0.630. The standard InChI is InChI=1S/C11H20O2/c1-5-6-7-9(2)10(3)11(12)8-13-4/h5-8H2,1-4H3. The zero-order valence-corrected chi connectivity index (χ0v) is 9.14. The fourth-order valence-electron chi connectivity index (χ4n) is 1.11. The minimum absolute atomic E-state index is 0.108. The summed E-state index contributed by atoms with van der Waals surface area (Å²) in [7, 11) is 1.55. The quantitative estimate of drug-likeness (QED) is 0.593. The van der Waals surface area contributed by atoms with Gasteiger partial charge >= 0.3 is 0 Å². The van der Waals surface area contributed by atoms with E-state index in [1.165, 1.54) is 12.0 Å². The van der Waals surface area contributed by atoms with Crippen molar-refractivity contribution in [2.45, 2.75) is 40.0 Å². The van der Waals surface area contributed by atoms with E-state index in [1.54, 1.807) is 7.11 Å². The highest BCUT2D eigenvalue weighted by Crippen LogP contribution is 2.12. The van der Waals surface area contributed by atoms with E-state index in [9.17, 15) is 4.79 Å². The van der Waals surface area contributed by atoms with Gasteiger partial charge in [0.1, 0.15) is 6.61 Å². The van der Waals surface area contributed by atoms with E-state index >= 15 is 0 Å². The van der Waals surface area contributed by atoms with Gasteiger partial charge in [-0.25, -0.2) is 0 Å². The Morgan fingerprint density at radius 1 is 1.31 bits per heavy atom. The maximum Gasteiger partial charge on any atom is 0.184 e. The number of hydrogen-bond acceptors (Lipinski definition) is 2. The van der Waals surface area contributed by atoms with E-state index in [1.807, 2.05) is 13.8 Å². The van der Waals surface area contributed by atoms with Crippen LogP contribution in [0.4, 0.5) is 0 Å². The molecule has 0 spiro atoms. The number of ether oxygens (including phenoxy) is 1. The maximum absolute atomic E-state index is 11.4. The number of carbonyl (C=O) groups excluding carboxylic acids is 1. The monoisotopic (exact) mass is 184 g/mol. The number of carbonyl (C=O) groups is 1. The summed E-state index contributed by atoms with van der Waals surface area (Å²) in [4.78, 5) is 11.4. The molecular formula is C11H20O2. The van der Waals surface area contributed by atoms with Crippen LogP contribution in [0.15, 0.2) is 11.1 Å². The molecule has 0 fully saturated rings. The van der Waals surface area contributed by atoms with E-state index in [4.69, 9.17) is 4.74 Å². The molecule has 13 heavy (non-hydrogen) atoms. The molecule has 2 heteroatoms. The molecule has 0 bridgehead atoms. The zero-order chi connectivity index (χ0) is 10.3. The first-order valence-electron chi connectivity index (χ1n) is 4.82. The third-order valence-electron chi connectivity index (χ3n) is 2.24. The number of allylic oxidation sites excluding steroid dienone is 1. The Bertz CT molecular complexity index is 192. The summed E-state index contributed by atoms with van der Waals surface area (Å²) in [5.41, 5.74) is 2.07. The molecule has 0 aliphatic carbocycles. The van der Waals surface area contributed by atoms with Crippen LogP contribution in [0.25, 0.3) is 0 Å². The maximum atomic E-state index is 11.4. The van der Waals surface area contributed by atoms with Gasteiger partial charge in [-0.2, -0.15) is 0 Å². The Morgan fingerprint density at radius 3 is 2.38 bits per heavy atom. The summed E-state index contributed by atoms with van der Waals surface area (Å²) in [6, 6.07) is 0. The van der Waals surface area contributed by atoms with Gasteiger partial charge in [-0.05, 0) is 32.3 Å². The number of ketones is 1. The number of rotatable bonds is 6. The minimum atomic E-state index is 0.108. The molecule has 0 unspecified atom stereocenters. The molecule has 0 aromatic rings. The van der Waals surface area contributed by atoms with Gasteiger partial charge in [-0.15, -0.1) is 0 Å². The summed E-state index contributed by atoms with van der Waals surface area (Å²) in [6.07, 6.45) is 3.35. The van der Waals surface area contributed by atoms with Gasteiger partial charge in [-0.1, -0.05) is 18.9 Å². The molecule has 0 radical (unpaired) electrons. The van der Waals surface area contributed by atoms with Crippen LogP contribution in [0, 0.1) is 0 Å². The van der Waals surface area contributed by atoms with Gasteiger partial charge in [-0.3, -0.25) is 4.79 Å². The predicted molar refractivity (Wildman–Crippen MR) is 54.8 cm³/mol. The second-order valence-corrected chi connectivity index (χ2v) is 3.37. The average molecular weight is 184 g/mol. The van der Waals surface area contributed by atoms with E-state index in [0.717, 1.165) is 18.4 Å². The van der Waals surface area contributed by atoms with Crippen LogP contribution in [0.5, 0.6) is 0 Å². The summed E-state index contributed by atoms with van der Waals surface area (Å²) in [5, 5.41) is 0. The molecule has 2 nitrogen and oxygen atoms in total. The lowest BCUT2D eigenvalue weighted by Gasteiger charge is -2.05. The van der Waals surface area contributed by atoms with Crippen molar-refractivity contribution in [3.8, 4) is 0 Å². The van der Waals surface area contributed by atoms with Crippen LogP contribution >= 0.6 is 0 Å². The second-order valence-electron chi connectivity index (χ2n) is 3.37. The van der Waals surface area contributed by atoms with Crippen LogP contribution in [-0.2, 0) is 9.53 Å². The normalized spacial score (nSPS) is 12.6. The van der Waals surface area contributed by atoms with E-state index in [-0.39, 0.29) is 12.4 Å². The Morgan fingerprint density at radius 2 is 1.92 bits per heavy atom. The molecule has 76 valence electrons. The highest BCUT2D eigenvalue weighted by Gasteiger charge is 2.06. The number of unbranched alkanes of at least 4 members (excludes halogenated alkanes) is 1. The van der Waals surface area contributed by atoms with E-state index in [2.05, 4.69) is 6.92 Å². The van der Waals surface area contributed by atoms with Crippen molar-refractivity contribution in [1.82, 2.24) is 0 Å². The van der Waals surface area contributed by atoms with Crippen molar-refractivity contribution in [2.75, 3.05) is 13.7 Å². The molecule has 0 saturated carbocycles. The SMILES string of the molecule is CCCCC(C)=C(C)C(=O)COC. The van der Waals surface area contributed by atoms with E-state index < -0.39 is 0 Å². The predicted octanol–water partition coefficient (Wildman–Crippen LogP) is 2.73. The largest absolute Gasteiger partial charge is 0.377 e. The van der Waals surface area contributed by atoms with Gasteiger partial charge in [0.15, 0.2) is 5.78 Å². The molecule has 0 saturated heterocycles. The molecule has 0 amide bonds. The average Bonchev–Trinajstić information content (AvgIpc) is 2.13. The van der Waals surface area contributed by atoms with Crippen LogP contribution in [0.1, 0.15) is 40.0 Å². The molecule has 0 aliphatic rings. The lowest BCUT2D eigenvalue weighted by Crippen LogP contribution is -2.09. The third kappa shape index (κ3) is 4.83. The van der Waals surface area contributed by atoms with Gasteiger partial charge in [0.05, 0.1) is 0 Å². The highest BCUT2D eigenvalue weighted by molar-refractivity contribution is 5.96. The van der Waals surface area contributed by atoms with Crippen molar-refractivity contribution < 1.29 is 9.53 Å². The second kappa shape index (κ2) is 6.84. The van der Waals surface area contributed by atoms with Gasteiger partial charge in [0.25, 0.3) is 0 Å². The fourth-order valence-corrected chi connectivity index (χ4v) is 1.11. The molecule has 0 N–H and O–H groups in total. The summed E-state index contributed by atoms with van der Waals surface area (Å²) < 4.78 is 4.80. The first kappa shape index (κ1) is 12.4. The first-order valence-corrected chi connectivity index (χ1v) is 4.82. The van der Waals surface area contributed by atoms with Crippen LogP contribution in [0.3, 0.4) is 0 Å². The Kier molecular flexibility index (Phi) is 6.51. The third-order valence-corrected chi connectivity index (χ3v) is 2.24. The molecule has 0 rings (SSSR count). The number of Topliss-reactive ketones (excluding diaryl/α,β-unsaturated/α-hetero) is 1. The molecule has 0 aromatic heterocycles. The van der Waals surface area contributed by atoms with E-state index in [0.29, 0.717) is 0 Å². The molecule has 0 atom stereocenters. The molecule has 0 aliphatic heterocycles. The van der Waals surface area contributed by atoms with Crippen molar-refractivity contribution in [3.05, 3.63) is 11.1 Å². The Balaban J connectivity index is 4.15. The number of hydrogen-bond donors (Lipinski definition) is 0. The zero-order valence-electron chi connectivity index (χ0n) is 9.14. The first-order chi connectivity index (χ1) is 6.13. The minimum Gasteiger partial charge on any atom is -0.377 e. The van der Waals surface area contributed by atoms with Crippen molar-refractivity contribution in [1.29, 1.82) is 0 Å². The van der Waals surface area contributed by atoms with Gasteiger partial charge in [0.2, 0.25) is 0 Å². The smallest absolute Gasteiger partial charge is 0.184 e. The van der Waals surface area contributed by atoms with Crippen molar-refractivity contribution in [2.24, 2.45) is 0 Å². The lowest BCUT2D eigenvalue weighted by molar-refractivity contribution is -0.119.